The monoisotopic (exact) mass is 344 g/mol. The van der Waals surface area contributed by atoms with Gasteiger partial charge in [0.2, 0.25) is 0 Å². The summed E-state index contributed by atoms with van der Waals surface area (Å²) in [4.78, 5) is 4.15. The minimum atomic E-state index is -2.87. The van der Waals surface area contributed by atoms with E-state index in [-0.39, 0.29) is 23.0 Å². The molecule has 1 aromatic rings. The lowest BCUT2D eigenvalue weighted by Crippen LogP contribution is -2.41. The van der Waals surface area contributed by atoms with Crippen molar-refractivity contribution in [3.8, 4) is 0 Å². The summed E-state index contributed by atoms with van der Waals surface area (Å²) in [6, 6.07) is 7.93. The van der Waals surface area contributed by atoms with E-state index in [1.165, 1.54) is 0 Å². The van der Waals surface area contributed by atoms with Crippen LogP contribution in [0.3, 0.4) is 0 Å². The van der Waals surface area contributed by atoms with Crippen molar-refractivity contribution in [1.29, 1.82) is 0 Å². The Hall–Kier alpha value is -1.28. The Bertz CT molecular complexity index is 649. The largest absolute Gasteiger partial charge is 0.369 e. The molecule has 6 nitrogen and oxygen atoms in total. The summed E-state index contributed by atoms with van der Waals surface area (Å²) >= 11 is 0. The van der Waals surface area contributed by atoms with Crippen molar-refractivity contribution in [3.05, 3.63) is 24.3 Å². The number of rotatable bonds is 2. The zero-order chi connectivity index (χ0) is 15.8. The molecule has 22 heavy (non-hydrogen) atoms. The van der Waals surface area contributed by atoms with E-state index in [4.69, 9.17) is 0 Å². The second-order valence-electron chi connectivity index (χ2n) is 5.79. The van der Waals surface area contributed by atoms with Gasteiger partial charge in [0.05, 0.1) is 23.0 Å². The van der Waals surface area contributed by atoms with Crippen molar-refractivity contribution in [3.63, 3.8) is 0 Å². The Labute approximate surface area is 131 Å². The zero-order valence-corrected chi connectivity index (χ0v) is 13.9. The lowest BCUT2D eigenvalue weighted by atomic mass is 10.2. The van der Waals surface area contributed by atoms with E-state index < -0.39 is 19.7 Å². The van der Waals surface area contributed by atoms with Gasteiger partial charge < -0.3 is 9.80 Å². The van der Waals surface area contributed by atoms with Crippen LogP contribution >= 0.6 is 0 Å². The van der Waals surface area contributed by atoms with Crippen molar-refractivity contribution in [2.24, 2.45) is 0 Å². The van der Waals surface area contributed by atoms with Crippen LogP contribution in [-0.4, -0.2) is 66.0 Å². The van der Waals surface area contributed by atoms with Gasteiger partial charge in [-0.3, -0.25) is 0 Å². The maximum Gasteiger partial charge on any atom is 0.153 e. The van der Waals surface area contributed by atoms with Gasteiger partial charge in [-0.1, -0.05) is 0 Å². The lowest BCUT2D eigenvalue weighted by molar-refractivity contribution is 0.585. The molecule has 0 bridgehead atoms. The van der Waals surface area contributed by atoms with E-state index in [1.54, 1.807) is 0 Å². The van der Waals surface area contributed by atoms with E-state index in [2.05, 4.69) is 9.80 Å². The van der Waals surface area contributed by atoms with Crippen molar-refractivity contribution >= 4 is 31.0 Å². The second kappa shape index (κ2) is 5.73. The molecule has 0 spiro atoms. The van der Waals surface area contributed by atoms with Gasteiger partial charge in [0, 0.05) is 37.6 Å². The summed E-state index contributed by atoms with van der Waals surface area (Å²) in [6.07, 6.45) is 0. The third-order valence-electron chi connectivity index (χ3n) is 4.27. The summed E-state index contributed by atoms with van der Waals surface area (Å²) < 4.78 is 45.8. The molecule has 0 atom stereocenters. The van der Waals surface area contributed by atoms with E-state index in [0.29, 0.717) is 26.2 Å². The van der Waals surface area contributed by atoms with Crippen LogP contribution in [0.15, 0.2) is 24.3 Å². The Kier molecular flexibility index (Phi) is 4.07. The third kappa shape index (κ3) is 3.55. The highest BCUT2D eigenvalue weighted by atomic mass is 32.2. The molecule has 0 aliphatic carbocycles. The standard InChI is InChI=1S/C14H20N2O4S2/c17-21(18)9-5-15(6-10-21)13-1-2-14(4-3-13)16-7-11-22(19,20)12-8-16/h1-4H,5-12H2. The molecule has 2 heterocycles. The smallest absolute Gasteiger partial charge is 0.153 e. The normalized spacial score (nSPS) is 24.2. The van der Waals surface area contributed by atoms with E-state index in [0.717, 1.165) is 11.4 Å². The van der Waals surface area contributed by atoms with E-state index >= 15 is 0 Å². The van der Waals surface area contributed by atoms with Crippen molar-refractivity contribution in [1.82, 2.24) is 0 Å². The second-order valence-corrected chi connectivity index (χ2v) is 10.4. The van der Waals surface area contributed by atoms with Crippen molar-refractivity contribution in [2.75, 3.05) is 59.0 Å². The van der Waals surface area contributed by atoms with Gasteiger partial charge in [0.15, 0.2) is 19.7 Å². The number of sulfone groups is 2. The maximum absolute atomic E-state index is 11.5. The summed E-state index contributed by atoms with van der Waals surface area (Å²) in [7, 11) is -5.73. The number of nitrogens with zero attached hydrogens (tertiary/aromatic N) is 2. The van der Waals surface area contributed by atoms with E-state index in [1.807, 2.05) is 24.3 Å². The third-order valence-corrected chi connectivity index (χ3v) is 7.49. The van der Waals surface area contributed by atoms with Crippen LogP contribution in [0.1, 0.15) is 0 Å². The highest BCUT2D eigenvalue weighted by Gasteiger charge is 2.23. The predicted molar refractivity (Wildman–Crippen MR) is 88.2 cm³/mol. The van der Waals surface area contributed by atoms with Gasteiger partial charge in [-0.05, 0) is 24.3 Å². The molecule has 2 saturated heterocycles. The highest BCUT2D eigenvalue weighted by Crippen LogP contribution is 2.23. The Morgan fingerprint density at radius 2 is 0.864 bits per heavy atom. The van der Waals surface area contributed by atoms with Crippen LogP contribution < -0.4 is 9.80 Å². The molecule has 2 aliphatic rings. The van der Waals surface area contributed by atoms with Crippen LogP contribution in [0, 0.1) is 0 Å². The fourth-order valence-electron chi connectivity index (χ4n) is 2.82. The molecule has 0 radical (unpaired) electrons. The molecule has 1 aromatic carbocycles. The molecule has 122 valence electrons. The molecule has 0 N–H and O–H groups in total. The first kappa shape index (κ1) is 15.6. The van der Waals surface area contributed by atoms with Gasteiger partial charge in [-0.2, -0.15) is 0 Å². The number of benzene rings is 1. The molecule has 0 amide bonds. The van der Waals surface area contributed by atoms with Gasteiger partial charge in [-0.15, -0.1) is 0 Å². The van der Waals surface area contributed by atoms with Gasteiger partial charge >= 0.3 is 0 Å². The maximum atomic E-state index is 11.5. The van der Waals surface area contributed by atoms with Crippen LogP contribution in [-0.2, 0) is 19.7 Å². The fraction of sp³-hybridized carbons (Fsp3) is 0.571. The Balaban J connectivity index is 1.66. The average Bonchev–Trinajstić information content (AvgIpc) is 2.48. The SMILES string of the molecule is O=S1(=O)CCN(c2ccc(N3CCS(=O)(=O)CC3)cc2)CC1. The Morgan fingerprint density at radius 3 is 1.14 bits per heavy atom. The number of hydrogen-bond acceptors (Lipinski definition) is 6. The molecular formula is C14H20N2O4S2. The van der Waals surface area contributed by atoms with Crippen LogP contribution in [0.25, 0.3) is 0 Å². The summed E-state index contributed by atoms with van der Waals surface area (Å²) in [6.45, 7) is 2.13. The fourth-order valence-corrected chi connectivity index (χ4v) is 5.22. The first-order valence-electron chi connectivity index (χ1n) is 7.35. The molecule has 0 unspecified atom stereocenters. The van der Waals surface area contributed by atoms with Gasteiger partial charge in [0.25, 0.3) is 0 Å². The Morgan fingerprint density at radius 1 is 0.591 bits per heavy atom. The first-order chi connectivity index (χ1) is 10.3. The van der Waals surface area contributed by atoms with Crippen LogP contribution in [0.5, 0.6) is 0 Å². The molecule has 8 heteroatoms. The molecule has 2 fully saturated rings. The van der Waals surface area contributed by atoms with Crippen LogP contribution in [0.4, 0.5) is 11.4 Å². The predicted octanol–water partition coefficient (Wildman–Crippen LogP) is 0.156. The molecule has 2 aliphatic heterocycles. The average molecular weight is 344 g/mol. The van der Waals surface area contributed by atoms with Gasteiger partial charge in [0.1, 0.15) is 0 Å². The van der Waals surface area contributed by atoms with Crippen molar-refractivity contribution < 1.29 is 16.8 Å². The quantitative estimate of drug-likeness (QED) is 0.761. The minimum absolute atomic E-state index is 0.207. The number of anilines is 2. The zero-order valence-electron chi connectivity index (χ0n) is 12.3. The van der Waals surface area contributed by atoms with E-state index in [9.17, 15) is 16.8 Å². The summed E-state index contributed by atoms with van der Waals surface area (Å²) in [5.74, 6) is 0.828. The van der Waals surface area contributed by atoms with Gasteiger partial charge in [-0.25, -0.2) is 16.8 Å². The first-order valence-corrected chi connectivity index (χ1v) is 11.0. The van der Waals surface area contributed by atoms with Crippen molar-refractivity contribution in [2.45, 2.75) is 0 Å². The lowest BCUT2D eigenvalue weighted by Gasteiger charge is -2.31. The highest BCUT2D eigenvalue weighted by molar-refractivity contribution is 7.91. The molecule has 3 rings (SSSR count). The minimum Gasteiger partial charge on any atom is -0.369 e. The number of hydrogen-bond donors (Lipinski definition) is 0. The van der Waals surface area contributed by atoms with Crippen LogP contribution in [0.2, 0.25) is 0 Å². The topological polar surface area (TPSA) is 74.8 Å². The summed E-state index contributed by atoms with van der Waals surface area (Å²) in [5, 5.41) is 0. The summed E-state index contributed by atoms with van der Waals surface area (Å²) in [5.41, 5.74) is 2.03. The molecule has 0 saturated carbocycles. The molecule has 0 aromatic heterocycles. The molecular weight excluding hydrogens is 324 g/mol.